The average molecular weight is 330 g/mol. The number of benzene rings is 1. The Morgan fingerprint density at radius 1 is 1.08 bits per heavy atom. The average Bonchev–Trinajstić information content (AvgIpc) is 2.92. The molecule has 1 aromatic rings. The minimum absolute atomic E-state index is 0.0640. The van der Waals surface area contributed by atoms with E-state index in [1.807, 2.05) is 39.0 Å². The number of hydrogen-bond donors (Lipinski definition) is 0. The van der Waals surface area contributed by atoms with Gasteiger partial charge in [0.2, 0.25) is 0 Å². The lowest BCUT2D eigenvalue weighted by atomic mass is 9.91. The third kappa shape index (κ3) is 4.31. The second-order valence-electron chi connectivity index (χ2n) is 7.50. The van der Waals surface area contributed by atoms with Crippen molar-refractivity contribution in [1.29, 1.82) is 0 Å². The quantitative estimate of drug-likeness (QED) is 0.600. The van der Waals surface area contributed by atoms with Gasteiger partial charge in [-0.05, 0) is 75.8 Å². The van der Waals surface area contributed by atoms with E-state index in [0.717, 1.165) is 18.6 Å². The first-order valence-electron chi connectivity index (χ1n) is 8.76. The second kappa shape index (κ2) is 6.88. The lowest BCUT2D eigenvalue weighted by molar-refractivity contribution is -0.0207. The third-order valence-corrected chi connectivity index (χ3v) is 4.27. The van der Waals surface area contributed by atoms with E-state index in [2.05, 4.69) is 12.1 Å². The largest absolute Gasteiger partial charge is 0.509 e. The molecule has 130 valence electrons. The van der Waals surface area contributed by atoms with Crippen LogP contribution in [0.2, 0.25) is 0 Å². The molecular weight excluding hydrogens is 304 g/mol. The smallest absolute Gasteiger partial charge is 0.486 e. The fraction of sp³-hybridized carbons (Fsp3) is 0.550. The van der Waals surface area contributed by atoms with Gasteiger partial charge in [0.15, 0.2) is 0 Å². The van der Waals surface area contributed by atoms with Crippen molar-refractivity contribution in [2.45, 2.75) is 70.7 Å². The fourth-order valence-electron chi connectivity index (χ4n) is 3.23. The highest BCUT2D eigenvalue weighted by Crippen LogP contribution is 2.31. The van der Waals surface area contributed by atoms with Crippen molar-refractivity contribution in [2.24, 2.45) is 0 Å². The Bertz CT molecular complexity index is 627. The summed E-state index contributed by atoms with van der Waals surface area (Å²) in [5.41, 5.74) is 2.20. The topological polar surface area (TPSA) is 44.8 Å². The molecule has 0 saturated heterocycles. The van der Waals surface area contributed by atoms with Gasteiger partial charge < -0.3 is 14.2 Å². The van der Waals surface area contributed by atoms with E-state index >= 15 is 0 Å². The number of aryl methyl sites for hydroxylation is 1. The molecular formula is C20H26O4. The molecule has 0 spiro atoms. The van der Waals surface area contributed by atoms with E-state index < -0.39 is 11.8 Å². The Morgan fingerprint density at radius 2 is 1.83 bits per heavy atom. The summed E-state index contributed by atoms with van der Waals surface area (Å²) in [5, 5.41) is 0. The zero-order valence-electron chi connectivity index (χ0n) is 14.7. The number of fused-ring (bicyclic) bond motifs is 1. The normalized spacial score (nSPS) is 22.8. The maximum Gasteiger partial charge on any atom is 0.509 e. The highest BCUT2D eigenvalue weighted by Gasteiger charge is 2.27. The summed E-state index contributed by atoms with van der Waals surface area (Å²) in [4.78, 5) is 11.8. The Labute approximate surface area is 143 Å². The minimum Gasteiger partial charge on any atom is -0.486 e. The molecule has 4 heteroatoms. The van der Waals surface area contributed by atoms with Crippen LogP contribution in [0.4, 0.5) is 4.79 Å². The maximum absolute atomic E-state index is 11.8. The van der Waals surface area contributed by atoms with Crippen LogP contribution in [0.15, 0.2) is 30.4 Å². The Kier molecular flexibility index (Phi) is 4.83. The fourth-order valence-corrected chi connectivity index (χ4v) is 3.23. The number of hydrogen-bond acceptors (Lipinski definition) is 4. The molecule has 0 N–H and O–H groups in total. The van der Waals surface area contributed by atoms with Crippen molar-refractivity contribution in [3.8, 4) is 5.75 Å². The summed E-state index contributed by atoms with van der Waals surface area (Å²) in [7, 11) is 0. The molecule has 0 bridgehead atoms. The molecule has 2 aliphatic carbocycles. The van der Waals surface area contributed by atoms with Crippen molar-refractivity contribution in [1.82, 2.24) is 0 Å². The van der Waals surface area contributed by atoms with Crippen LogP contribution in [0.1, 0.15) is 51.2 Å². The van der Waals surface area contributed by atoms with Gasteiger partial charge in [0.1, 0.15) is 23.6 Å². The summed E-state index contributed by atoms with van der Waals surface area (Å²) >= 11 is 0. The van der Waals surface area contributed by atoms with Crippen LogP contribution in [0, 0.1) is 0 Å². The predicted molar refractivity (Wildman–Crippen MR) is 92.4 cm³/mol. The van der Waals surface area contributed by atoms with Gasteiger partial charge in [0, 0.05) is 6.42 Å². The summed E-state index contributed by atoms with van der Waals surface area (Å²) in [6.45, 7) is 5.47. The van der Waals surface area contributed by atoms with Gasteiger partial charge in [-0.15, -0.1) is 0 Å². The summed E-state index contributed by atoms with van der Waals surface area (Å²) in [6.07, 6.45) is 8.19. The highest BCUT2D eigenvalue weighted by atomic mass is 16.7. The first-order chi connectivity index (χ1) is 11.4. The number of rotatable bonds is 3. The first-order valence-corrected chi connectivity index (χ1v) is 8.76. The van der Waals surface area contributed by atoms with E-state index in [-0.39, 0.29) is 12.2 Å². The molecule has 0 fully saturated rings. The van der Waals surface area contributed by atoms with Crippen molar-refractivity contribution in [3.05, 3.63) is 41.5 Å². The molecule has 2 aliphatic rings. The molecule has 0 unspecified atom stereocenters. The molecule has 24 heavy (non-hydrogen) atoms. The third-order valence-electron chi connectivity index (χ3n) is 4.27. The van der Waals surface area contributed by atoms with Crippen molar-refractivity contribution >= 4 is 6.16 Å². The van der Waals surface area contributed by atoms with Gasteiger partial charge in [-0.2, -0.15) is 0 Å². The molecule has 1 aromatic carbocycles. The van der Waals surface area contributed by atoms with Crippen LogP contribution in [-0.4, -0.2) is 24.0 Å². The number of ether oxygens (including phenoxy) is 3. The Balaban J connectivity index is 1.56. The van der Waals surface area contributed by atoms with Gasteiger partial charge in [0.05, 0.1) is 0 Å². The van der Waals surface area contributed by atoms with Crippen LogP contribution in [0.3, 0.4) is 0 Å². The summed E-state index contributed by atoms with van der Waals surface area (Å²) in [6, 6.07) is 6.30. The SMILES string of the molecule is CC(C)(C)OC(=O)O[C@H]1C=C[C@@H](Oc2cccc3c2CCCC3)C1. The molecule has 0 saturated carbocycles. The molecule has 0 heterocycles. The van der Waals surface area contributed by atoms with Crippen LogP contribution < -0.4 is 4.74 Å². The molecule has 2 atom stereocenters. The Hall–Kier alpha value is -1.97. The number of carbonyl (C=O) groups excluding carboxylic acids is 1. The predicted octanol–water partition coefficient (Wildman–Crippen LogP) is 4.59. The minimum atomic E-state index is -0.630. The van der Waals surface area contributed by atoms with Crippen LogP contribution >= 0.6 is 0 Å². The van der Waals surface area contributed by atoms with E-state index in [0.29, 0.717) is 6.42 Å². The molecule has 0 aromatic heterocycles. The lowest BCUT2D eigenvalue weighted by Crippen LogP contribution is -2.27. The molecule has 0 radical (unpaired) electrons. The Morgan fingerprint density at radius 3 is 2.62 bits per heavy atom. The van der Waals surface area contributed by atoms with Gasteiger partial charge in [-0.1, -0.05) is 12.1 Å². The van der Waals surface area contributed by atoms with E-state index in [1.54, 1.807) is 0 Å². The van der Waals surface area contributed by atoms with Gasteiger partial charge in [0.25, 0.3) is 0 Å². The lowest BCUT2D eigenvalue weighted by Gasteiger charge is -2.22. The van der Waals surface area contributed by atoms with Crippen molar-refractivity contribution in [3.63, 3.8) is 0 Å². The standard InChI is InChI=1S/C20H26O4/c1-20(2,3)24-19(21)23-16-12-11-15(13-16)22-18-10-6-8-14-7-4-5-9-17(14)18/h6,8,10-12,15-16H,4-5,7,9,13H2,1-3H3/t15-,16+/m1/s1. The second-order valence-corrected chi connectivity index (χ2v) is 7.50. The highest BCUT2D eigenvalue weighted by molar-refractivity contribution is 5.61. The molecule has 0 aliphatic heterocycles. The maximum atomic E-state index is 11.8. The molecule has 0 amide bonds. The van der Waals surface area contributed by atoms with E-state index in [1.165, 1.54) is 24.0 Å². The van der Waals surface area contributed by atoms with Gasteiger partial charge in [-0.3, -0.25) is 0 Å². The van der Waals surface area contributed by atoms with Crippen molar-refractivity contribution < 1.29 is 19.0 Å². The summed E-state index contributed by atoms with van der Waals surface area (Å²) < 4.78 is 16.7. The summed E-state index contributed by atoms with van der Waals surface area (Å²) in [5.74, 6) is 0.972. The van der Waals surface area contributed by atoms with E-state index in [9.17, 15) is 4.79 Å². The van der Waals surface area contributed by atoms with E-state index in [4.69, 9.17) is 14.2 Å². The van der Waals surface area contributed by atoms with Gasteiger partial charge in [-0.25, -0.2) is 4.79 Å². The molecule has 4 nitrogen and oxygen atoms in total. The van der Waals surface area contributed by atoms with Gasteiger partial charge >= 0.3 is 6.16 Å². The zero-order chi connectivity index (χ0) is 17.2. The number of carbonyl (C=O) groups is 1. The first kappa shape index (κ1) is 16.9. The zero-order valence-corrected chi connectivity index (χ0v) is 14.7. The van der Waals surface area contributed by atoms with Crippen molar-refractivity contribution in [2.75, 3.05) is 0 Å². The van der Waals surface area contributed by atoms with Crippen LogP contribution in [0.5, 0.6) is 5.75 Å². The van der Waals surface area contributed by atoms with Crippen LogP contribution in [-0.2, 0) is 22.3 Å². The molecule has 3 rings (SSSR count). The van der Waals surface area contributed by atoms with Crippen LogP contribution in [0.25, 0.3) is 0 Å². The monoisotopic (exact) mass is 330 g/mol.